The summed E-state index contributed by atoms with van der Waals surface area (Å²) in [6, 6.07) is 9.30. The van der Waals surface area contributed by atoms with Gasteiger partial charge in [0.25, 0.3) is 5.91 Å². The third-order valence-electron chi connectivity index (χ3n) is 3.53. The molecule has 0 saturated heterocycles. The first-order valence-corrected chi connectivity index (χ1v) is 6.98. The van der Waals surface area contributed by atoms with Crippen molar-refractivity contribution >= 4 is 16.8 Å². The van der Waals surface area contributed by atoms with Crippen LogP contribution in [0.2, 0.25) is 0 Å². The smallest absolute Gasteiger partial charge is 0.251 e. The van der Waals surface area contributed by atoms with Gasteiger partial charge in [-0.25, -0.2) is 0 Å². The first-order chi connectivity index (χ1) is 9.74. The summed E-state index contributed by atoms with van der Waals surface area (Å²) < 4.78 is 0. The van der Waals surface area contributed by atoms with Crippen molar-refractivity contribution in [1.29, 1.82) is 0 Å². The Bertz CT molecular complexity index is 583. The fourth-order valence-corrected chi connectivity index (χ4v) is 2.19. The van der Waals surface area contributed by atoms with Gasteiger partial charge in [-0.3, -0.25) is 9.78 Å². The van der Waals surface area contributed by atoms with Crippen LogP contribution in [0.3, 0.4) is 0 Å². The minimum Gasteiger partial charge on any atom is -0.396 e. The Balaban J connectivity index is 2.03. The monoisotopic (exact) mass is 272 g/mol. The molecule has 0 aliphatic rings. The normalized spacial score (nSPS) is 12.3. The fraction of sp³-hybridized carbons (Fsp3) is 0.375. The van der Waals surface area contributed by atoms with Crippen LogP contribution in [0.1, 0.15) is 30.1 Å². The van der Waals surface area contributed by atoms with E-state index in [2.05, 4.69) is 17.2 Å². The van der Waals surface area contributed by atoms with Crippen LogP contribution in [-0.2, 0) is 0 Å². The van der Waals surface area contributed by atoms with Crippen LogP contribution in [0.25, 0.3) is 10.9 Å². The van der Waals surface area contributed by atoms with Gasteiger partial charge in [0.2, 0.25) is 0 Å². The van der Waals surface area contributed by atoms with Gasteiger partial charge in [0.05, 0.1) is 5.52 Å². The summed E-state index contributed by atoms with van der Waals surface area (Å²) in [5.41, 5.74) is 1.53. The molecule has 0 aliphatic heterocycles. The van der Waals surface area contributed by atoms with Crippen LogP contribution in [0.4, 0.5) is 0 Å². The van der Waals surface area contributed by atoms with E-state index in [0.29, 0.717) is 18.0 Å². The molecule has 1 unspecified atom stereocenters. The molecule has 1 aromatic heterocycles. The van der Waals surface area contributed by atoms with Gasteiger partial charge in [-0.15, -0.1) is 0 Å². The summed E-state index contributed by atoms with van der Waals surface area (Å²) in [4.78, 5) is 16.4. The summed E-state index contributed by atoms with van der Waals surface area (Å²) in [7, 11) is 0. The van der Waals surface area contributed by atoms with Crippen molar-refractivity contribution in [3.8, 4) is 0 Å². The molecule has 1 aromatic carbocycles. The fourth-order valence-electron chi connectivity index (χ4n) is 2.19. The Kier molecular flexibility index (Phi) is 5.07. The molecule has 2 aromatic rings. The molecule has 0 spiro atoms. The standard InChI is InChI=1S/C16H20N2O2/c1-2-12(7-9-19)11-18-16(20)14-5-6-15-13(10-14)4-3-8-17-15/h3-6,8,10,12,19H,2,7,9,11H2,1H3,(H,18,20). The van der Waals surface area contributed by atoms with Gasteiger partial charge in [0, 0.05) is 30.3 Å². The molecular weight excluding hydrogens is 252 g/mol. The van der Waals surface area contributed by atoms with E-state index in [0.717, 1.165) is 23.7 Å². The number of aliphatic hydroxyl groups is 1. The summed E-state index contributed by atoms with van der Waals surface area (Å²) in [5.74, 6) is 0.248. The predicted octanol–water partition coefficient (Wildman–Crippen LogP) is 2.37. The van der Waals surface area contributed by atoms with Crippen molar-refractivity contribution in [3.05, 3.63) is 42.1 Å². The van der Waals surface area contributed by atoms with E-state index >= 15 is 0 Å². The first kappa shape index (κ1) is 14.5. The first-order valence-electron chi connectivity index (χ1n) is 6.98. The molecule has 1 heterocycles. The highest BCUT2D eigenvalue weighted by Crippen LogP contribution is 2.13. The summed E-state index contributed by atoms with van der Waals surface area (Å²) >= 11 is 0. The Labute approximate surface area is 118 Å². The van der Waals surface area contributed by atoms with Gasteiger partial charge in [-0.05, 0) is 36.6 Å². The molecule has 0 bridgehead atoms. The van der Waals surface area contributed by atoms with Crippen molar-refractivity contribution in [3.63, 3.8) is 0 Å². The molecule has 0 fully saturated rings. The molecule has 1 amide bonds. The Morgan fingerprint density at radius 3 is 3.00 bits per heavy atom. The van der Waals surface area contributed by atoms with Gasteiger partial charge < -0.3 is 10.4 Å². The lowest BCUT2D eigenvalue weighted by Crippen LogP contribution is -2.29. The van der Waals surface area contributed by atoms with E-state index in [1.165, 1.54) is 0 Å². The van der Waals surface area contributed by atoms with Crippen molar-refractivity contribution in [2.45, 2.75) is 19.8 Å². The molecule has 0 radical (unpaired) electrons. The molecular formula is C16H20N2O2. The number of hydrogen-bond acceptors (Lipinski definition) is 3. The number of nitrogens with zero attached hydrogens (tertiary/aromatic N) is 1. The van der Waals surface area contributed by atoms with Crippen LogP contribution < -0.4 is 5.32 Å². The largest absolute Gasteiger partial charge is 0.396 e. The number of carbonyl (C=O) groups is 1. The molecule has 4 nitrogen and oxygen atoms in total. The number of rotatable bonds is 6. The summed E-state index contributed by atoms with van der Waals surface area (Å²) in [5, 5.41) is 12.8. The SMILES string of the molecule is CCC(CCO)CNC(=O)c1ccc2ncccc2c1. The summed E-state index contributed by atoms with van der Waals surface area (Å²) in [6.07, 6.45) is 3.41. The molecule has 20 heavy (non-hydrogen) atoms. The average Bonchev–Trinajstić information content (AvgIpc) is 2.50. The number of nitrogens with one attached hydrogen (secondary N) is 1. The van der Waals surface area contributed by atoms with E-state index in [-0.39, 0.29) is 12.5 Å². The number of hydrogen-bond donors (Lipinski definition) is 2. The third-order valence-corrected chi connectivity index (χ3v) is 3.53. The number of pyridine rings is 1. The Hall–Kier alpha value is -1.94. The van der Waals surface area contributed by atoms with Gasteiger partial charge >= 0.3 is 0 Å². The number of carbonyl (C=O) groups excluding carboxylic acids is 1. The number of aliphatic hydroxyl groups excluding tert-OH is 1. The second kappa shape index (κ2) is 7.01. The molecule has 1 atom stereocenters. The lowest BCUT2D eigenvalue weighted by atomic mass is 10.0. The van der Waals surface area contributed by atoms with Crippen molar-refractivity contribution in [1.82, 2.24) is 10.3 Å². The van der Waals surface area contributed by atoms with Crippen LogP contribution >= 0.6 is 0 Å². The Morgan fingerprint density at radius 2 is 2.25 bits per heavy atom. The maximum Gasteiger partial charge on any atom is 0.251 e. The minimum atomic E-state index is -0.0767. The molecule has 0 aliphatic carbocycles. The van der Waals surface area contributed by atoms with Gasteiger partial charge in [-0.1, -0.05) is 19.4 Å². The second-order valence-corrected chi connectivity index (χ2v) is 4.91. The maximum absolute atomic E-state index is 12.1. The highest BCUT2D eigenvalue weighted by atomic mass is 16.3. The van der Waals surface area contributed by atoms with Gasteiger partial charge in [0.15, 0.2) is 0 Å². The third kappa shape index (κ3) is 3.54. The van der Waals surface area contributed by atoms with Crippen molar-refractivity contribution in [2.75, 3.05) is 13.2 Å². The summed E-state index contributed by atoms with van der Waals surface area (Å²) in [6.45, 7) is 2.82. The molecule has 2 N–H and O–H groups in total. The number of fused-ring (bicyclic) bond motifs is 1. The van der Waals surface area contributed by atoms with E-state index < -0.39 is 0 Å². The minimum absolute atomic E-state index is 0.0767. The van der Waals surface area contributed by atoms with E-state index in [9.17, 15) is 4.79 Å². The topological polar surface area (TPSA) is 62.2 Å². The number of benzene rings is 1. The Morgan fingerprint density at radius 1 is 1.40 bits per heavy atom. The molecule has 106 valence electrons. The molecule has 4 heteroatoms. The van der Waals surface area contributed by atoms with Gasteiger partial charge in [0.1, 0.15) is 0 Å². The maximum atomic E-state index is 12.1. The van der Waals surface area contributed by atoms with Crippen molar-refractivity contribution in [2.24, 2.45) is 5.92 Å². The van der Waals surface area contributed by atoms with Crippen LogP contribution in [0.5, 0.6) is 0 Å². The quantitative estimate of drug-likeness (QED) is 0.848. The highest BCUT2D eigenvalue weighted by Gasteiger charge is 2.10. The molecule has 0 saturated carbocycles. The average molecular weight is 272 g/mol. The lowest BCUT2D eigenvalue weighted by molar-refractivity contribution is 0.0943. The zero-order valence-electron chi connectivity index (χ0n) is 11.7. The van der Waals surface area contributed by atoms with Crippen LogP contribution in [-0.4, -0.2) is 29.1 Å². The van der Waals surface area contributed by atoms with E-state index in [4.69, 9.17) is 5.11 Å². The lowest BCUT2D eigenvalue weighted by Gasteiger charge is -2.14. The van der Waals surface area contributed by atoms with Crippen LogP contribution in [0.15, 0.2) is 36.5 Å². The molecule has 2 rings (SSSR count). The highest BCUT2D eigenvalue weighted by molar-refractivity contribution is 5.97. The van der Waals surface area contributed by atoms with Crippen LogP contribution in [0, 0.1) is 5.92 Å². The second-order valence-electron chi connectivity index (χ2n) is 4.91. The van der Waals surface area contributed by atoms with Crippen molar-refractivity contribution < 1.29 is 9.90 Å². The number of aromatic nitrogens is 1. The van der Waals surface area contributed by atoms with Gasteiger partial charge in [-0.2, -0.15) is 0 Å². The van der Waals surface area contributed by atoms with E-state index in [1.807, 2.05) is 24.3 Å². The zero-order valence-corrected chi connectivity index (χ0v) is 11.7. The van der Waals surface area contributed by atoms with E-state index in [1.54, 1.807) is 12.3 Å². The predicted molar refractivity (Wildman–Crippen MR) is 79.6 cm³/mol. The number of amides is 1. The zero-order chi connectivity index (χ0) is 14.4.